The molecule has 0 radical (unpaired) electrons. The first-order valence-electron chi connectivity index (χ1n) is 9.12. The molecule has 2 aromatic rings. The summed E-state index contributed by atoms with van der Waals surface area (Å²) in [6.07, 6.45) is 0.589. The number of nitrogens with zero attached hydrogens (tertiary/aromatic N) is 1. The molecule has 142 valence electrons. The van der Waals surface area contributed by atoms with E-state index in [1.165, 1.54) is 12.1 Å². The van der Waals surface area contributed by atoms with Crippen LogP contribution >= 0.6 is 0 Å². The number of halogens is 1. The highest BCUT2D eigenvalue weighted by atomic mass is 19.1. The number of rotatable bonds is 5. The predicted molar refractivity (Wildman–Crippen MR) is 103 cm³/mol. The van der Waals surface area contributed by atoms with E-state index in [2.05, 4.69) is 10.6 Å². The smallest absolute Gasteiger partial charge is 0.251 e. The number of likely N-dealkylation sites (N-methyl/N-ethyl adjacent to an activating group) is 2. The molecule has 1 aliphatic heterocycles. The second-order valence-electron chi connectivity index (χ2n) is 6.84. The third kappa shape index (κ3) is 4.52. The minimum Gasteiger partial charge on any atom is -0.355 e. The Morgan fingerprint density at radius 1 is 1.15 bits per heavy atom. The van der Waals surface area contributed by atoms with Crippen LogP contribution in [0.15, 0.2) is 48.5 Å². The zero-order valence-electron chi connectivity index (χ0n) is 15.5. The molecule has 5 nitrogen and oxygen atoms in total. The van der Waals surface area contributed by atoms with E-state index in [1.807, 2.05) is 31.0 Å². The largest absolute Gasteiger partial charge is 0.355 e. The number of hydrogen-bond donors (Lipinski definition) is 2. The number of carbonyl (C=O) groups excluding carboxylic acids is 2. The zero-order chi connectivity index (χ0) is 19.4. The molecule has 1 aliphatic rings. The Bertz CT molecular complexity index is 822. The van der Waals surface area contributed by atoms with Crippen molar-refractivity contribution in [3.63, 3.8) is 0 Å². The van der Waals surface area contributed by atoms with Crippen molar-refractivity contribution in [1.82, 2.24) is 15.5 Å². The van der Waals surface area contributed by atoms with Crippen molar-refractivity contribution >= 4 is 11.8 Å². The van der Waals surface area contributed by atoms with Crippen molar-refractivity contribution in [1.29, 1.82) is 0 Å². The van der Waals surface area contributed by atoms with Crippen LogP contribution < -0.4 is 10.6 Å². The molecule has 27 heavy (non-hydrogen) atoms. The molecule has 1 fully saturated rings. The van der Waals surface area contributed by atoms with E-state index in [-0.39, 0.29) is 29.7 Å². The summed E-state index contributed by atoms with van der Waals surface area (Å²) in [6.45, 7) is 3.11. The second-order valence-corrected chi connectivity index (χ2v) is 6.84. The second kappa shape index (κ2) is 8.31. The molecule has 1 heterocycles. The number of amides is 2. The average Bonchev–Trinajstić information content (AvgIpc) is 3.03. The van der Waals surface area contributed by atoms with Gasteiger partial charge in [-0.25, -0.2) is 4.39 Å². The number of benzene rings is 2. The first-order valence-corrected chi connectivity index (χ1v) is 9.12. The van der Waals surface area contributed by atoms with Gasteiger partial charge in [-0.1, -0.05) is 24.3 Å². The Labute approximate surface area is 158 Å². The Morgan fingerprint density at radius 2 is 1.89 bits per heavy atom. The van der Waals surface area contributed by atoms with Crippen LogP contribution in [-0.2, 0) is 4.79 Å². The third-order valence-corrected chi connectivity index (χ3v) is 4.84. The first kappa shape index (κ1) is 19.0. The van der Waals surface area contributed by atoms with E-state index in [1.54, 1.807) is 24.3 Å². The average molecular weight is 369 g/mol. The molecule has 0 spiro atoms. The van der Waals surface area contributed by atoms with Crippen LogP contribution in [0, 0.1) is 5.82 Å². The van der Waals surface area contributed by atoms with Crippen LogP contribution in [0.3, 0.4) is 0 Å². The summed E-state index contributed by atoms with van der Waals surface area (Å²) >= 11 is 0. The van der Waals surface area contributed by atoms with Crippen LogP contribution in [0.1, 0.15) is 23.7 Å². The van der Waals surface area contributed by atoms with E-state index < -0.39 is 0 Å². The normalized spacial score (nSPS) is 19.7. The molecular weight excluding hydrogens is 345 g/mol. The molecule has 2 aromatic carbocycles. The summed E-state index contributed by atoms with van der Waals surface area (Å²) in [6, 6.07) is 13.1. The molecule has 0 bridgehead atoms. The molecule has 1 saturated heterocycles. The molecule has 2 atom stereocenters. The quantitative estimate of drug-likeness (QED) is 0.851. The summed E-state index contributed by atoms with van der Waals surface area (Å²) in [4.78, 5) is 26.7. The molecule has 0 unspecified atom stereocenters. The van der Waals surface area contributed by atoms with Crippen LogP contribution in [0.25, 0.3) is 11.1 Å². The predicted octanol–water partition coefficient (Wildman–Crippen LogP) is 2.43. The molecular formula is C21H24FN3O2. The van der Waals surface area contributed by atoms with Gasteiger partial charge in [-0.05, 0) is 55.8 Å². The number of hydrogen-bond acceptors (Lipinski definition) is 3. The van der Waals surface area contributed by atoms with E-state index in [9.17, 15) is 14.0 Å². The lowest BCUT2D eigenvalue weighted by Gasteiger charge is -2.17. The van der Waals surface area contributed by atoms with Crippen molar-refractivity contribution < 1.29 is 14.0 Å². The van der Waals surface area contributed by atoms with Gasteiger partial charge in [-0.15, -0.1) is 0 Å². The van der Waals surface area contributed by atoms with Crippen molar-refractivity contribution in [2.75, 3.05) is 20.1 Å². The van der Waals surface area contributed by atoms with E-state index in [0.29, 0.717) is 25.1 Å². The Hall–Kier alpha value is -2.73. The van der Waals surface area contributed by atoms with Gasteiger partial charge in [-0.3, -0.25) is 14.5 Å². The summed E-state index contributed by atoms with van der Waals surface area (Å²) < 4.78 is 13.1. The molecule has 0 saturated carbocycles. The standard InChI is InChI=1S/C21H24FN3O2/c1-3-23-21(27)19-12-18(13-25(19)2)24-20(26)16-6-4-5-15(11-16)14-7-9-17(22)10-8-14/h4-11,18-19H,3,12-13H2,1-2H3,(H,23,27)(H,24,26)/t18-,19-/m0/s1. The van der Waals surface area contributed by atoms with Crippen molar-refractivity contribution in [3.8, 4) is 11.1 Å². The Kier molecular flexibility index (Phi) is 5.86. The maximum absolute atomic E-state index is 13.1. The van der Waals surface area contributed by atoms with E-state index >= 15 is 0 Å². The fourth-order valence-corrected chi connectivity index (χ4v) is 3.45. The van der Waals surface area contributed by atoms with Crippen LogP contribution in [0.4, 0.5) is 4.39 Å². The fourth-order valence-electron chi connectivity index (χ4n) is 3.45. The topological polar surface area (TPSA) is 61.4 Å². The number of likely N-dealkylation sites (tertiary alicyclic amines) is 1. The molecule has 3 rings (SSSR count). The van der Waals surface area contributed by atoms with E-state index in [4.69, 9.17) is 0 Å². The highest BCUT2D eigenvalue weighted by Gasteiger charge is 2.34. The highest BCUT2D eigenvalue weighted by Crippen LogP contribution is 2.21. The maximum atomic E-state index is 13.1. The maximum Gasteiger partial charge on any atom is 0.251 e. The highest BCUT2D eigenvalue weighted by molar-refractivity contribution is 5.95. The van der Waals surface area contributed by atoms with Gasteiger partial charge < -0.3 is 10.6 Å². The van der Waals surface area contributed by atoms with Gasteiger partial charge in [0.15, 0.2) is 0 Å². The van der Waals surface area contributed by atoms with E-state index in [0.717, 1.165) is 11.1 Å². The van der Waals surface area contributed by atoms with Gasteiger partial charge in [0.1, 0.15) is 5.82 Å². The summed E-state index contributed by atoms with van der Waals surface area (Å²) in [7, 11) is 1.89. The number of carbonyl (C=O) groups is 2. The number of nitrogens with one attached hydrogen (secondary N) is 2. The minimum atomic E-state index is -0.292. The van der Waals surface area contributed by atoms with Gasteiger partial charge in [0.2, 0.25) is 5.91 Å². The Morgan fingerprint density at radius 3 is 2.59 bits per heavy atom. The van der Waals surface area contributed by atoms with Gasteiger partial charge in [0.05, 0.1) is 6.04 Å². The lowest BCUT2D eigenvalue weighted by Crippen LogP contribution is -2.41. The lowest BCUT2D eigenvalue weighted by atomic mass is 10.0. The SMILES string of the molecule is CCNC(=O)[C@@H]1C[C@H](NC(=O)c2cccc(-c3ccc(F)cc3)c2)CN1C. The third-order valence-electron chi connectivity index (χ3n) is 4.84. The molecule has 0 aromatic heterocycles. The first-order chi connectivity index (χ1) is 13.0. The summed E-state index contributed by atoms with van der Waals surface area (Å²) in [5, 5.41) is 5.85. The molecule has 2 amide bonds. The molecule has 2 N–H and O–H groups in total. The molecule has 6 heteroatoms. The molecule has 0 aliphatic carbocycles. The minimum absolute atomic E-state index is 0.00458. The summed E-state index contributed by atoms with van der Waals surface area (Å²) in [5.41, 5.74) is 2.25. The van der Waals surface area contributed by atoms with Gasteiger partial charge in [0, 0.05) is 24.7 Å². The van der Waals surface area contributed by atoms with Crippen molar-refractivity contribution in [2.45, 2.75) is 25.4 Å². The summed E-state index contributed by atoms with van der Waals surface area (Å²) in [5.74, 6) is -0.469. The van der Waals surface area contributed by atoms with Crippen LogP contribution in [-0.4, -0.2) is 48.9 Å². The lowest BCUT2D eigenvalue weighted by molar-refractivity contribution is -0.124. The van der Waals surface area contributed by atoms with Gasteiger partial charge >= 0.3 is 0 Å². The monoisotopic (exact) mass is 369 g/mol. The Balaban J connectivity index is 1.67. The van der Waals surface area contributed by atoms with Crippen molar-refractivity contribution in [3.05, 3.63) is 59.9 Å². The van der Waals surface area contributed by atoms with Crippen LogP contribution in [0.5, 0.6) is 0 Å². The van der Waals surface area contributed by atoms with Gasteiger partial charge in [0.25, 0.3) is 5.91 Å². The fraction of sp³-hybridized carbons (Fsp3) is 0.333. The van der Waals surface area contributed by atoms with Crippen LogP contribution in [0.2, 0.25) is 0 Å². The van der Waals surface area contributed by atoms with Gasteiger partial charge in [-0.2, -0.15) is 0 Å². The van der Waals surface area contributed by atoms with Crippen molar-refractivity contribution in [2.24, 2.45) is 0 Å². The zero-order valence-corrected chi connectivity index (χ0v) is 15.5.